The number of alkyl halides is 3. The molecule has 2 atom stereocenters. The minimum atomic E-state index is -4.52. The molecule has 0 bridgehead atoms. The lowest BCUT2D eigenvalue weighted by atomic mass is 9.86. The molecule has 3 aromatic rings. The Kier molecular flexibility index (Phi) is 8.04. The van der Waals surface area contributed by atoms with E-state index in [4.69, 9.17) is 15.2 Å². The highest BCUT2D eigenvalue weighted by atomic mass is 19.4. The average molecular weight is 543 g/mol. The highest BCUT2D eigenvalue weighted by Gasteiger charge is 2.34. The number of nitrogens with two attached hydrogens (primary N) is 1. The van der Waals surface area contributed by atoms with Crippen LogP contribution in [-0.4, -0.2) is 29.7 Å². The molecular formula is C29H33F3N4O3. The molecule has 1 heterocycles. The van der Waals surface area contributed by atoms with Crippen LogP contribution in [0.4, 0.5) is 24.7 Å². The third-order valence-corrected chi connectivity index (χ3v) is 7.10. The molecule has 0 saturated carbocycles. The van der Waals surface area contributed by atoms with Gasteiger partial charge in [-0.1, -0.05) is 6.08 Å². The first kappa shape index (κ1) is 28.2. The molecule has 0 spiro atoms. The standard InChI is InChI=1S/C29H33F3N4O3/c1-6-39-28(37)19-9-7-18(8-10-19)22-13-23-25(14-26(22)38-5)35-17(4)36-27(23)34-16(3)21-11-20(33)12-24(15(21)2)29(30,31)32/h7,11-14,16,19H,6,8-10,33H2,1-5H3,(H,34,35,36)/t16-,19?/m1/s1. The fourth-order valence-corrected chi connectivity index (χ4v) is 5.14. The van der Waals surface area contributed by atoms with Gasteiger partial charge in [-0.05, 0) is 81.9 Å². The van der Waals surface area contributed by atoms with Crippen LogP contribution < -0.4 is 15.8 Å². The Balaban J connectivity index is 1.74. The summed E-state index contributed by atoms with van der Waals surface area (Å²) in [5.41, 5.74) is 8.20. The summed E-state index contributed by atoms with van der Waals surface area (Å²) in [6, 6.07) is 5.75. The van der Waals surface area contributed by atoms with Gasteiger partial charge in [0.2, 0.25) is 0 Å². The van der Waals surface area contributed by atoms with Gasteiger partial charge < -0.3 is 20.5 Å². The van der Waals surface area contributed by atoms with Crippen LogP contribution in [-0.2, 0) is 15.7 Å². The molecule has 0 fully saturated rings. The lowest BCUT2D eigenvalue weighted by molar-refractivity contribution is -0.148. The smallest absolute Gasteiger partial charge is 0.416 e. The number of ether oxygens (including phenoxy) is 2. The number of nitrogens with one attached hydrogen (secondary N) is 1. The van der Waals surface area contributed by atoms with Crippen molar-refractivity contribution in [1.29, 1.82) is 0 Å². The van der Waals surface area contributed by atoms with E-state index in [2.05, 4.69) is 15.3 Å². The first-order valence-electron chi connectivity index (χ1n) is 12.9. The van der Waals surface area contributed by atoms with Crippen molar-refractivity contribution in [1.82, 2.24) is 9.97 Å². The molecule has 1 aromatic heterocycles. The molecule has 10 heteroatoms. The summed E-state index contributed by atoms with van der Waals surface area (Å²) < 4.78 is 51.7. The number of anilines is 2. The number of aromatic nitrogens is 2. The molecule has 1 aliphatic carbocycles. The van der Waals surface area contributed by atoms with Crippen molar-refractivity contribution in [2.24, 2.45) is 5.92 Å². The molecule has 208 valence electrons. The van der Waals surface area contributed by atoms with Crippen LogP contribution in [0.1, 0.15) is 67.2 Å². The second-order valence-corrected chi connectivity index (χ2v) is 9.79. The topological polar surface area (TPSA) is 99.4 Å². The summed E-state index contributed by atoms with van der Waals surface area (Å²) in [6.07, 6.45) is -0.585. The summed E-state index contributed by atoms with van der Waals surface area (Å²) in [5, 5.41) is 4.00. The number of aryl methyl sites for hydroxylation is 1. The highest BCUT2D eigenvalue weighted by molar-refractivity contribution is 5.94. The van der Waals surface area contributed by atoms with E-state index in [0.717, 1.165) is 17.2 Å². The second-order valence-electron chi connectivity index (χ2n) is 9.79. The zero-order chi connectivity index (χ0) is 28.5. The monoisotopic (exact) mass is 542 g/mol. The van der Waals surface area contributed by atoms with Crippen LogP contribution in [0.25, 0.3) is 16.5 Å². The maximum Gasteiger partial charge on any atom is 0.416 e. The largest absolute Gasteiger partial charge is 0.496 e. The number of methoxy groups -OCH3 is 1. The number of carbonyl (C=O) groups is 1. The lowest BCUT2D eigenvalue weighted by Gasteiger charge is -2.23. The molecular weight excluding hydrogens is 509 g/mol. The number of benzene rings is 2. The number of fused-ring (bicyclic) bond motifs is 1. The molecule has 2 aromatic carbocycles. The molecule has 0 aliphatic heterocycles. The van der Waals surface area contributed by atoms with Crippen LogP contribution in [0, 0.1) is 19.8 Å². The quantitative estimate of drug-likeness (QED) is 0.251. The average Bonchev–Trinajstić information content (AvgIpc) is 2.88. The van der Waals surface area contributed by atoms with Crippen LogP contribution in [0.3, 0.4) is 0 Å². The molecule has 1 aliphatic rings. The third kappa shape index (κ3) is 5.94. The molecule has 0 amide bonds. The maximum atomic E-state index is 13.6. The van der Waals surface area contributed by atoms with Gasteiger partial charge in [0, 0.05) is 22.7 Å². The fraction of sp³-hybridized carbons (Fsp3) is 0.414. The predicted octanol–water partition coefficient (Wildman–Crippen LogP) is 6.78. The van der Waals surface area contributed by atoms with E-state index in [1.165, 1.54) is 6.92 Å². The number of hydrogen-bond donors (Lipinski definition) is 2. The van der Waals surface area contributed by atoms with Crippen molar-refractivity contribution >= 4 is 34.0 Å². The molecule has 1 unspecified atom stereocenters. The number of halogens is 3. The number of nitrogen functional groups attached to an aromatic ring is 1. The van der Waals surface area contributed by atoms with Crippen molar-refractivity contribution in [3.05, 3.63) is 58.4 Å². The summed E-state index contributed by atoms with van der Waals surface area (Å²) in [5.74, 6) is 1.27. The van der Waals surface area contributed by atoms with Gasteiger partial charge in [0.15, 0.2) is 0 Å². The zero-order valence-corrected chi connectivity index (χ0v) is 22.7. The van der Waals surface area contributed by atoms with Crippen LogP contribution in [0.2, 0.25) is 0 Å². The van der Waals surface area contributed by atoms with E-state index in [0.29, 0.717) is 59.7 Å². The van der Waals surface area contributed by atoms with Crippen LogP contribution in [0.15, 0.2) is 30.3 Å². The van der Waals surface area contributed by atoms with Crippen molar-refractivity contribution < 1.29 is 27.4 Å². The molecule has 4 rings (SSSR count). The van der Waals surface area contributed by atoms with E-state index < -0.39 is 17.8 Å². The first-order chi connectivity index (χ1) is 18.4. The molecule has 39 heavy (non-hydrogen) atoms. The molecule has 0 radical (unpaired) electrons. The minimum Gasteiger partial charge on any atom is -0.496 e. The number of esters is 1. The zero-order valence-electron chi connectivity index (χ0n) is 22.7. The maximum absolute atomic E-state index is 13.6. The Hall–Kier alpha value is -3.82. The van der Waals surface area contributed by atoms with Gasteiger partial charge >= 0.3 is 12.1 Å². The fourth-order valence-electron chi connectivity index (χ4n) is 5.14. The van der Waals surface area contributed by atoms with Crippen LogP contribution in [0.5, 0.6) is 5.75 Å². The van der Waals surface area contributed by atoms with Crippen LogP contribution >= 0.6 is 0 Å². The van der Waals surface area contributed by atoms with Gasteiger partial charge in [-0.3, -0.25) is 4.79 Å². The Morgan fingerprint density at radius 3 is 2.56 bits per heavy atom. The summed E-state index contributed by atoms with van der Waals surface area (Å²) in [7, 11) is 1.59. The predicted molar refractivity (Wildman–Crippen MR) is 145 cm³/mol. The number of nitrogens with zero attached hydrogens (tertiary/aromatic N) is 2. The Morgan fingerprint density at radius 1 is 1.21 bits per heavy atom. The second kappa shape index (κ2) is 11.1. The van der Waals surface area contributed by atoms with Gasteiger partial charge in [-0.15, -0.1) is 0 Å². The highest BCUT2D eigenvalue weighted by Crippen LogP contribution is 2.40. The van der Waals surface area contributed by atoms with Crippen molar-refractivity contribution in [3.63, 3.8) is 0 Å². The van der Waals surface area contributed by atoms with Gasteiger partial charge in [0.1, 0.15) is 17.4 Å². The van der Waals surface area contributed by atoms with Crippen molar-refractivity contribution in [2.45, 2.75) is 59.2 Å². The summed E-state index contributed by atoms with van der Waals surface area (Å²) in [4.78, 5) is 21.3. The van der Waals surface area contributed by atoms with E-state index in [1.54, 1.807) is 33.9 Å². The Labute approximate surface area is 225 Å². The molecule has 3 N–H and O–H groups in total. The van der Waals surface area contributed by atoms with E-state index in [-0.39, 0.29) is 23.1 Å². The van der Waals surface area contributed by atoms with Crippen molar-refractivity contribution in [3.8, 4) is 5.75 Å². The Bertz CT molecular complexity index is 1440. The van der Waals surface area contributed by atoms with E-state index >= 15 is 0 Å². The minimum absolute atomic E-state index is 0.0395. The normalized spacial score (nSPS) is 16.5. The van der Waals surface area contributed by atoms with Gasteiger partial charge in [-0.25, -0.2) is 9.97 Å². The van der Waals surface area contributed by atoms with E-state index in [9.17, 15) is 18.0 Å². The van der Waals surface area contributed by atoms with Crippen molar-refractivity contribution in [2.75, 3.05) is 24.8 Å². The Morgan fingerprint density at radius 2 is 1.95 bits per heavy atom. The SMILES string of the molecule is CCOC(=O)C1CC=C(c2cc3c(N[C@H](C)c4cc(N)cc(C(F)(F)F)c4C)nc(C)nc3cc2OC)CC1. The number of allylic oxidation sites excluding steroid dienone is 2. The summed E-state index contributed by atoms with van der Waals surface area (Å²) in [6.45, 7) is 7.12. The third-order valence-electron chi connectivity index (χ3n) is 7.10. The first-order valence-corrected chi connectivity index (χ1v) is 12.9. The van der Waals surface area contributed by atoms with Gasteiger partial charge in [0.25, 0.3) is 0 Å². The number of rotatable bonds is 7. The van der Waals surface area contributed by atoms with Gasteiger partial charge in [0.05, 0.1) is 36.8 Å². The van der Waals surface area contributed by atoms with Gasteiger partial charge in [-0.2, -0.15) is 13.2 Å². The van der Waals surface area contributed by atoms with E-state index in [1.807, 2.05) is 18.2 Å². The molecule has 0 saturated heterocycles. The number of hydrogen-bond acceptors (Lipinski definition) is 7. The lowest BCUT2D eigenvalue weighted by Crippen LogP contribution is -2.19. The molecule has 7 nitrogen and oxygen atoms in total. The summed E-state index contributed by atoms with van der Waals surface area (Å²) >= 11 is 0. The number of carbonyl (C=O) groups excluding carboxylic acids is 1.